The van der Waals surface area contributed by atoms with Gasteiger partial charge in [0.05, 0.1) is 23.3 Å². The Labute approximate surface area is 185 Å². The van der Waals surface area contributed by atoms with E-state index in [0.29, 0.717) is 5.69 Å². The number of anilines is 1. The highest BCUT2D eigenvalue weighted by Gasteiger charge is 2.33. The van der Waals surface area contributed by atoms with E-state index in [4.69, 9.17) is 4.74 Å². The van der Waals surface area contributed by atoms with Gasteiger partial charge < -0.3 is 15.0 Å². The first kappa shape index (κ1) is 21.7. The van der Waals surface area contributed by atoms with E-state index < -0.39 is 21.7 Å². The first-order chi connectivity index (χ1) is 15.3. The van der Waals surface area contributed by atoms with Crippen molar-refractivity contribution in [2.75, 3.05) is 38.6 Å². The molecule has 2 aromatic carbocycles. The molecule has 166 valence electrons. The van der Waals surface area contributed by atoms with Gasteiger partial charge in [-0.3, -0.25) is 14.4 Å². The second-order valence-corrected chi connectivity index (χ2v) is 9.26. The predicted molar refractivity (Wildman–Crippen MR) is 117 cm³/mol. The number of nitrogens with zero attached hydrogens (tertiary/aromatic N) is 2. The third-order valence-corrected chi connectivity index (χ3v) is 7.31. The van der Waals surface area contributed by atoms with Crippen molar-refractivity contribution in [3.05, 3.63) is 59.7 Å². The average molecular weight is 455 g/mol. The maximum Gasteiger partial charge on any atom is 0.296 e. The summed E-state index contributed by atoms with van der Waals surface area (Å²) in [6.07, 6.45) is 3.16. The Hall–Kier alpha value is -3.50. The van der Waals surface area contributed by atoms with Crippen molar-refractivity contribution < 1.29 is 27.5 Å². The van der Waals surface area contributed by atoms with Gasteiger partial charge >= 0.3 is 0 Å². The van der Waals surface area contributed by atoms with Crippen molar-refractivity contribution >= 4 is 39.4 Å². The van der Waals surface area contributed by atoms with Crippen LogP contribution in [-0.2, 0) is 19.6 Å². The van der Waals surface area contributed by atoms with Gasteiger partial charge in [-0.1, -0.05) is 12.1 Å². The molecule has 0 spiro atoms. The van der Waals surface area contributed by atoms with Gasteiger partial charge in [-0.05, 0) is 42.0 Å². The monoisotopic (exact) mass is 455 g/mol. The molecule has 32 heavy (non-hydrogen) atoms. The van der Waals surface area contributed by atoms with Crippen LogP contribution in [0.2, 0.25) is 0 Å². The number of hydrogen-bond donors (Lipinski definition) is 1. The van der Waals surface area contributed by atoms with Crippen LogP contribution in [0.3, 0.4) is 0 Å². The molecule has 0 unspecified atom stereocenters. The second kappa shape index (κ2) is 8.56. The molecule has 9 nitrogen and oxygen atoms in total. The molecular formula is C22H21N3O6S. The minimum atomic E-state index is -3.86. The van der Waals surface area contributed by atoms with E-state index in [1.54, 1.807) is 30.2 Å². The number of methoxy groups -OCH3 is 1. The Kier molecular flexibility index (Phi) is 5.81. The summed E-state index contributed by atoms with van der Waals surface area (Å²) < 4.78 is 32.4. The number of sulfonamides is 1. The zero-order chi connectivity index (χ0) is 22.9. The molecule has 2 heterocycles. The average Bonchev–Trinajstić information content (AvgIpc) is 3.10. The van der Waals surface area contributed by atoms with Crippen molar-refractivity contribution in [3.63, 3.8) is 0 Å². The maximum atomic E-state index is 13.0. The van der Waals surface area contributed by atoms with Gasteiger partial charge in [0.25, 0.3) is 11.7 Å². The van der Waals surface area contributed by atoms with Crippen LogP contribution >= 0.6 is 0 Å². The number of benzene rings is 2. The third kappa shape index (κ3) is 4.14. The first-order valence-corrected chi connectivity index (χ1v) is 11.3. The molecule has 2 aliphatic heterocycles. The molecule has 1 N–H and O–H groups in total. The smallest absolute Gasteiger partial charge is 0.296 e. The van der Waals surface area contributed by atoms with E-state index in [2.05, 4.69) is 5.32 Å². The molecule has 2 aromatic rings. The number of ether oxygens (including phenoxy) is 1. The SMILES string of the molecule is COc1ccc(/C=C/C(=O)N2CCN(S(=O)(=O)c3ccc4c(c3)C(=O)C(=O)N4)CC2)cc1. The summed E-state index contributed by atoms with van der Waals surface area (Å²) >= 11 is 0. The van der Waals surface area contributed by atoms with Crippen molar-refractivity contribution in [1.82, 2.24) is 9.21 Å². The van der Waals surface area contributed by atoms with E-state index in [1.807, 2.05) is 12.1 Å². The topological polar surface area (TPSA) is 113 Å². The van der Waals surface area contributed by atoms with Gasteiger partial charge in [0.1, 0.15) is 5.75 Å². The Balaban J connectivity index is 1.39. The molecule has 0 bridgehead atoms. The van der Waals surface area contributed by atoms with Gasteiger partial charge in [0.2, 0.25) is 15.9 Å². The Morgan fingerprint density at radius 2 is 1.72 bits per heavy atom. The van der Waals surface area contributed by atoms with Crippen LogP contribution in [0.1, 0.15) is 15.9 Å². The van der Waals surface area contributed by atoms with Crippen LogP contribution in [-0.4, -0.2) is 68.5 Å². The highest BCUT2D eigenvalue weighted by Crippen LogP contribution is 2.27. The van der Waals surface area contributed by atoms with Crippen LogP contribution in [0.5, 0.6) is 5.75 Å². The molecule has 0 radical (unpaired) electrons. The molecule has 0 atom stereocenters. The van der Waals surface area contributed by atoms with E-state index in [0.717, 1.165) is 11.3 Å². The number of carbonyl (C=O) groups excluding carboxylic acids is 3. The molecule has 4 rings (SSSR count). The second-order valence-electron chi connectivity index (χ2n) is 7.33. The van der Waals surface area contributed by atoms with Gasteiger partial charge in [-0.15, -0.1) is 0 Å². The van der Waals surface area contributed by atoms with E-state index in [9.17, 15) is 22.8 Å². The number of carbonyl (C=O) groups is 3. The molecular weight excluding hydrogens is 434 g/mol. The summed E-state index contributed by atoms with van der Waals surface area (Å²) in [7, 11) is -2.28. The normalized spacial score (nSPS) is 16.8. The van der Waals surface area contributed by atoms with Crippen LogP contribution in [0.15, 0.2) is 53.4 Å². The molecule has 0 saturated carbocycles. The number of hydrogen-bond acceptors (Lipinski definition) is 6. The third-order valence-electron chi connectivity index (χ3n) is 5.41. The number of piperazine rings is 1. The molecule has 0 aliphatic carbocycles. The van der Waals surface area contributed by atoms with Crippen molar-refractivity contribution in [2.24, 2.45) is 0 Å². The number of fused-ring (bicyclic) bond motifs is 1. The van der Waals surface area contributed by atoms with Gasteiger partial charge in [0, 0.05) is 32.3 Å². The molecule has 1 saturated heterocycles. The standard InChI is InChI=1S/C22H21N3O6S/c1-31-16-5-2-15(3-6-16)4-9-20(26)24-10-12-25(13-11-24)32(29,30)17-7-8-19-18(14-17)21(27)22(28)23-19/h2-9,14H,10-13H2,1H3,(H,23,27,28)/b9-4+. The first-order valence-electron chi connectivity index (χ1n) is 9.90. The Bertz CT molecular complexity index is 1210. The highest BCUT2D eigenvalue weighted by molar-refractivity contribution is 7.89. The summed E-state index contributed by atoms with van der Waals surface area (Å²) in [4.78, 5) is 37.4. The number of amides is 2. The molecule has 0 aromatic heterocycles. The molecule has 1 fully saturated rings. The van der Waals surface area contributed by atoms with Crippen LogP contribution in [0.25, 0.3) is 6.08 Å². The number of Topliss-reactive ketones (excluding diaryl/α,β-unsaturated/α-hetero) is 1. The summed E-state index contributed by atoms with van der Waals surface area (Å²) in [5.41, 5.74) is 1.20. The number of ketones is 1. The van der Waals surface area contributed by atoms with Crippen molar-refractivity contribution in [3.8, 4) is 5.75 Å². The van der Waals surface area contributed by atoms with E-state index in [-0.39, 0.29) is 42.5 Å². The number of nitrogens with one attached hydrogen (secondary N) is 1. The van der Waals surface area contributed by atoms with Crippen molar-refractivity contribution in [2.45, 2.75) is 4.90 Å². The van der Waals surface area contributed by atoms with Crippen molar-refractivity contribution in [1.29, 1.82) is 0 Å². The summed E-state index contributed by atoms with van der Waals surface area (Å²) in [5, 5.41) is 2.40. The van der Waals surface area contributed by atoms with Crippen LogP contribution in [0, 0.1) is 0 Å². The summed E-state index contributed by atoms with van der Waals surface area (Å²) in [6.45, 7) is 0.753. The molecule has 2 amide bonds. The quantitative estimate of drug-likeness (QED) is 0.538. The summed E-state index contributed by atoms with van der Waals surface area (Å²) in [5.74, 6) is -1.01. The minimum Gasteiger partial charge on any atom is -0.497 e. The minimum absolute atomic E-state index is 0.0496. The van der Waals surface area contributed by atoms with E-state index in [1.165, 1.54) is 28.6 Å². The number of rotatable bonds is 5. The highest BCUT2D eigenvalue weighted by atomic mass is 32.2. The fraction of sp³-hybridized carbons (Fsp3) is 0.227. The molecule has 2 aliphatic rings. The predicted octanol–water partition coefficient (Wildman–Crippen LogP) is 1.38. The zero-order valence-electron chi connectivity index (χ0n) is 17.3. The van der Waals surface area contributed by atoms with Gasteiger partial charge in [0.15, 0.2) is 0 Å². The largest absolute Gasteiger partial charge is 0.497 e. The van der Waals surface area contributed by atoms with Gasteiger partial charge in [-0.2, -0.15) is 4.31 Å². The fourth-order valence-corrected chi connectivity index (χ4v) is 5.02. The van der Waals surface area contributed by atoms with Crippen LogP contribution < -0.4 is 10.1 Å². The summed E-state index contributed by atoms with van der Waals surface area (Å²) in [6, 6.07) is 11.3. The zero-order valence-corrected chi connectivity index (χ0v) is 18.1. The van der Waals surface area contributed by atoms with E-state index >= 15 is 0 Å². The maximum absolute atomic E-state index is 13.0. The lowest BCUT2D eigenvalue weighted by atomic mass is 10.1. The lowest BCUT2D eigenvalue weighted by molar-refractivity contribution is -0.127. The Morgan fingerprint density at radius 3 is 2.38 bits per heavy atom. The van der Waals surface area contributed by atoms with Gasteiger partial charge in [-0.25, -0.2) is 8.42 Å². The molecule has 10 heteroatoms. The Morgan fingerprint density at radius 1 is 1.03 bits per heavy atom. The lowest BCUT2D eigenvalue weighted by Crippen LogP contribution is -2.50. The fourth-order valence-electron chi connectivity index (χ4n) is 3.57. The van der Waals surface area contributed by atoms with Crippen LogP contribution in [0.4, 0.5) is 5.69 Å². The lowest BCUT2D eigenvalue weighted by Gasteiger charge is -2.33.